The van der Waals surface area contributed by atoms with Gasteiger partial charge in [0, 0.05) is 24.5 Å². The van der Waals surface area contributed by atoms with Crippen LogP contribution in [0.15, 0.2) is 24.4 Å². The van der Waals surface area contributed by atoms with E-state index in [1.54, 1.807) is 6.20 Å². The van der Waals surface area contributed by atoms with E-state index in [-0.39, 0.29) is 5.91 Å². The molecule has 1 aliphatic rings. The van der Waals surface area contributed by atoms with Gasteiger partial charge < -0.3 is 10.6 Å². The van der Waals surface area contributed by atoms with Crippen LogP contribution in [0, 0.1) is 0 Å². The second-order valence-corrected chi connectivity index (χ2v) is 4.43. The first-order chi connectivity index (χ1) is 8.34. The van der Waals surface area contributed by atoms with Crippen LogP contribution in [0.3, 0.4) is 0 Å². The lowest BCUT2D eigenvalue weighted by Gasteiger charge is -2.10. The van der Waals surface area contributed by atoms with E-state index >= 15 is 0 Å². The average Bonchev–Trinajstić information content (AvgIpc) is 2.83. The summed E-state index contributed by atoms with van der Waals surface area (Å²) in [5.41, 5.74) is 0.823. The first-order valence-corrected chi connectivity index (χ1v) is 6.24. The van der Waals surface area contributed by atoms with Gasteiger partial charge in [0.1, 0.15) is 0 Å². The lowest BCUT2D eigenvalue weighted by atomic mass is 10.1. The fourth-order valence-electron chi connectivity index (χ4n) is 2.12. The number of pyridine rings is 1. The van der Waals surface area contributed by atoms with E-state index in [0.29, 0.717) is 12.5 Å². The molecular formula is C13H19N3O. The fraction of sp³-hybridized carbons (Fsp3) is 0.538. The SMILES string of the molecule is O=C(Cc1ccccn1)NCC[C@H]1CCCN1. The highest BCUT2D eigenvalue weighted by Crippen LogP contribution is 2.07. The van der Waals surface area contributed by atoms with E-state index in [4.69, 9.17) is 0 Å². The molecule has 0 aromatic carbocycles. The molecular weight excluding hydrogens is 214 g/mol. The lowest BCUT2D eigenvalue weighted by Crippen LogP contribution is -2.31. The predicted molar refractivity (Wildman–Crippen MR) is 66.6 cm³/mol. The third-order valence-corrected chi connectivity index (χ3v) is 3.05. The Bertz CT molecular complexity index is 347. The van der Waals surface area contributed by atoms with Gasteiger partial charge in [-0.25, -0.2) is 0 Å². The maximum atomic E-state index is 11.6. The van der Waals surface area contributed by atoms with Gasteiger partial charge in [-0.2, -0.15) is 0 Å². The standard InChI is InChI=1S/C13H19N3O/c17-13(10-12-4-1-2-7-15-12)16-9-6-11-5-3-8-14-11/h1-2,4,7,11,14H,3,5-6,8-10H2,(H,16,17)/t11-/m1/s1. The monoisotopic (exact) mass is 233 g/mol. The molecule has 0 aliphatic carbocycles. The van der Waals surface area contributed by atoms with Gasteiger partial charge in [0.15, 0.2) is 0 Å². The molecule has 1 amide bonds. The van der Waals surface area contributed by atoms with Crippen molar-refractivity contribution in [2.45, 2.75) is 31.7 Å². The summed E-state index contributed by atoms with van der Waals surface area (Å²) in [4.78, 5) is 15.7. The number of amides is 1. The maximum Gasteiger partial charge on any atom is 0.226 e. The highest BCUT2D eigenvalue weighted by atomic mass is 16.1. The highest BCUT2D eigenvalue weighted by molar-refractivity contribution is 5.77. The van der Waals surface area contributed by atoms with E-state index in [2.05, 4.69) is 15.6 Å². The number of aromatic nitrogens is 1. The van der Waals surface area contributed by atoms with E-state index in [1.807, 2.05) is 18.2 Å². The summed E-state index contributed by atoms with van der Waals surface area (Å²) in [7, 11) is 0. The van der Waals surface area contributed by atoms with Crippen LogP contribution in [0.4, 0.5) is 0 Å². The molecule has 2 heterocycles. The minimum atomic E-state index is 0.0571. The molecule has 1 aromatic rings. The number of nitrogens with one attached hydrogen (secondary N) is 2. The summed E-state index contributed by atoms with van der Waals surface area (Å²) in [5, 5.41) is 6.36. The van der Waals surface area contributed by atoms with Crippen LogP contribution in [-0.2, 0) is 11.2 Å². The smallest absolute Gasteiger partial charge is 0.226 e. The summed E-state index contributed by atoms with van der Waals surface area (Å²) in [6.07, 6.45) is 5.60. The molecule has 1 aliphatic heterocycles. The number of hydrogen-bond acceptors (Lipinski definition) is 3. The van der Waals surface area contributed by atoms with Crippen LogP contribution < -0.4 is 10.6 Å². The van der Waals surface area contributed by atoms with E-state index in [0.717, 1.165) is 25.2 Å². The van der Waals surface area contributed by atoms with Crippen molar-refractivity contribution < 1.29 is 4.79 Å². The zero-order valence-electron chi connectivity index (χ0n) is 9.98. The summed E-state index contributed by atoms with van der Waals surface area (Å²) in [6, 6.07) is 6.22. The van der Waals surface area contributed by atoms with Gasteiger partial charge in [0.05, 0.1) is 6.42 Å². The van der Waals surface area contributed by atoms with Gasteiger partial charge in [0.2, 0.25) is 5.91 Å². The Morgan fingerprint density at radius 3 is 3.18 bits per heavy atom. The zero-order valence-corrected chi connectivity index (χ0v) is 9.98. The lowest BCUT2D eigenvalue weighted by molar-refractivity contribution is -0.120. The molecule has 2 N–H and O–H groups in total. The van der Waals surface area contributed by atoms with Gasteiger partial charge in [-0.15, -0.1) is 0 Å². The quantitative estimate of drug-likeness (QED) is 0.794. The number of carbonyl (C=O) groups excluding carboxylic acids is 1. The average molecular weight is 233 g/mol. The van der Waals surface area contributed by atoms with Crippen LogP contribution in [-0.4, -0.2) is 30.0 Å². The van der Waals surface area contributed by atoms with E-state index < -0.39 is 0 Å². The largest absolute Gasteiger partial charge is 0.356 e. The summed E-state index contributed by atoms with van der Waals surface area (Å²) < 4.78 is 0. The third kappa shape index (κ3) is 4.15. The van der Waals surface area contributed by atoms with Crippen molar-refractivity contribution in [3.8, 4) is 0 Å². The second kappa shape index (κ2) is 6.35. The number of rotatable bonds is 5. The molecule has 1 aromatic heterocycles. The molecule has 17 heavy (non-hydrogen) atoms. The van der Waals surface area contributed by atoms with Crippen LogP contribution in [0.2, 0.25) is 0 Å². The van der Waals surface area contributed by atoms with Crippen LogP contribution >= 0.6 is 0 Å². The van der Waals surface area contributed by atoms with Crippen LogP contribution in [0.5, 0.6) is 0 Å². The summed E-state index contributed by atoms with van der Waals surface area (Å²) in [5.74, 6) is 0.0571. The molecule has 0 saturated carbocycles. The molecule has 0 unspecified atom stereocenters. The van der Waals surface area contributed by atoms with Crippen molar-refractivity contribution in [1.29, 1.82) is 0 Å². The van der Waals surface area contributed by atoms with Crippen molar-refractivity contribution in [3.63, 3.8) is 0 Å². The van der Waals surface area contributed by atoms with Gasteiger partial charge >= 0.3 is 0 Å². The van der Waals surface area contributed by atoms with Crippen molar-refractivity contribution in [1.82, 2.24) is 15.6 Å². The molecule has 0 bridgehead atoms. The molecule has 92 valence electrons. The fourth-order valence-corrected chi connectivity index (χ4v) is 2.12. The van der Waals surface area contributed by atoms with E-state index in [1.165, 1.54) is 12.8 Å². The van der Waals surface area contributed by atoms with Gasteiger partial charge in [0.25, 0.3) is 0 Å². The number of carbonyl (C=O) groups is 1. The van der Waals surface area contributed by atoms with Crippen molar-refractivity contribution >= 4 is 5.91 Å². The molecule has 0 spiro atoms. The molecule has 0 radical (unpaired) electrons. The molecule has 1 fully saturated rings. The highest BCUT2D eigenvalue weighted by Gasteiger charge is 2.13. The second-order valence-electron chi connectivity index (χ2n) is 4.43. The molecule has 1 atom stereocenters. The minimum absolute atomic E-state index is 0.0571. The van der Waals surface area contributed by atoms with Crippen molar-refractivity contribution in [2.75, 3.05) is 13.1 Å². The topological polar surface area (TPSA) is 54.0 Å². The van der Waals surface area contributed by atoms with Gasteiger partial charge in [-0.3, -0.25) is 9.78 Å². The maximum absolute atomic E-state index is 11.6. The molecule has 2 rings (SSSR count). The Labute approximate surface area is 102 Å². The van der Waals surface area contributed by atoms with E-state index in [9.17, 15) is 4.79 Å². The third-order valence-electron chi connectivity index (χ3n) is 3.05. The zero-order chi connectivity index (χ0) is 11.9. The predicted octanol–water partition coefficient (Wildman–Crippen LogP) is 0.882. The van der Waals surface area contributed by atoms with Crippen molar-refractivity contribution in [3.05, 3.63) is 30.1 Å². The van der Waals surface area contributed by atoms with Crippen molar-refractivity contribution in [2.24, 2.45) is 0 Å². The number of nitrogens with zero attached hydrogens (tertiary/aromatic N) is 1. The summed E-state index contributed by atoms with van der Waals surface area (Å²) >= 11 is 0. The van der Waals surface area contributed by atoms with Crippen LogP contribution in [0.25, 0.3) is 0 Å². The normalized spacial score (nSPS) is 19.2. The Kier molecular flexibility index (Phi) is 4.50. The van der Waals surface area contributed by atoms with Gasteiger partial charge in [-0.1, -0.05) is 6.07 Å². The molecule has 4 heteroatoms. The minimum Gasteiger partial charge on any atom is -0.356 e. The Morgan fingerprint density at radius 1 is 1.53 bits per heavy atom. The first kappa shape index (κ1) is 12.0. The summed E-state index contributed by atoms with van der Waals surface area (Å²) in [6.45, 7) is 1.87. The Balaban J connectivity index is 1.64. The first-order valence-electron chi connectivity index (χ1n) is 6.24. The molecule has 1 saturated heterocycles. The Morgan fingerprint density at radius 2 is 2.47 bits per heavy atom. The molecule has 4 nitrogen and oxygen atoms in total. The van der Waals surface area contributed by atoms with Gasteiger partial charge in [-0.05, 0) is 37.9 Å². The number of hydrogen-bond donors (Lipinski definition) is 2. The Hall–Kier alpha value is -1.42. The van der Waals surface area contributed by atoms with Crippen LogP contribution in [0.1, 0.15) is 25.0 Å².